The summed E-state index contributed by atoms with van der Waals surface area (Å²) in [4.78, 5) is 33.1. The molecule has 0 bridgehead atoms. The Morgan fingerprint density at radius 1 is 1.18 bits per heavy atom. The summed E-state index contributed by atoms with van der Waals surface area (Å²) in [5.74, 6) is 0.971. The van der Waals surface area contributed by atoms with Crippen LogP contribution in [-0.2, 0) is 9.53 Å². The van der Waals surface area contributed by atoms with Crippen LogP contribution >= 0.6 is 11.3 Å². The number of thiazole rings is 1. The van der Waals surface area contributed by atoms with Gasteiger partial charge in [0.25, 0.3) is 5.56 Å². The Hall–Kier alpha value is -4.17. The van der Waals surface area contributed by atoms with Crippen LogP contribution in [0, 0.1) is 6.92 Å². The molecule has 200 valence electrons. The molecular formula is C31H30N2O5S. The predicted molar refractivity (Wildman–Crippen MR) is 152 cm³/mol. The van der Waals surface area contributed by atoms with Crippen LogP contribution < -0.4 is 19.6 Å². The van der Waals surface area contributed by atoms with Gasteiger partial charge in [0.15, 0.2) is 4.80 Å². The zero-order chi connectivity index (χ0) is 27.7. The topological polar surface area (TPSA) is 83.0 Å². The zero-order valence-corrected chi connectivity index (χ0v) is 23.4. The van der Waals surface area contributed by atoms with E-state index in [0.717, 1.165) is 28.0 Å². The minimum atomic E-state index is -0.752. The molecule has 2 aromatic carbocycles. The molecule has 8 heteroatoms. The van der Waals surface area contributed by atoms with Crippen LogP contribution in [0.25, 0.3) is 11.8 Å². The van der Waals surface area contributed by atoms with Crippen molar-refractivity contribution in [3.05, 3.63) is 114 Å². The number of carbonyl (C=O) groups is 1. The third-order valence-electron chi connectivity index (χ3n) is 6.73. The van der Waals surface area contributed by atoms with Gasteiger partial charge in [0, 0.05) is 11.6 Å². The molecule has 1 atom stereocenters. The third kappa shape index (κ3) is 4.88. The van der Waals surface area contributed by atoms with Gasteiger partial charge in [-0.1, -0.05) is 55.5 Å². The SMILES string of the molecule is CCOC(=O)C1=C(c2ccccc2)N=c2s/c(=C\c3ccco3)c(=O)n2[C@H]1c1cc(C(C)C)c(OC)cc1C. The molecule has 0 saturated heterocycles. The number of fused-ring (bicyclic) bond motifs is 1. The molecule has 0 aliphatic carbocycles. The number of aromatic nitrogens is 1. The molecule has 0 saturated carbocycles. The van der Waals surface area contributed by atoms with Crippen LogP contribution in [0.4, 0.5) is 0 Å². The lowest BCUT2D eigenvalue weighted by atomic mass is 9.87. The first-order valence-electron chi connectivity index (χ1n) is 12.8. The average Bonchev–Trinajstić information content (AvgIpc) is 3.55. The minimum absolute atomic E-state index is 0.151. The van der Waals surface area contributed by atoms with E-state index in [1.165, 1.54) is 11.3 Å². The van der Waals surface area contributed by atoms with Crippen molar-refractivity contribution >= 4 is 29.1 Å². The van der Waals surface area contributed by atoms with Crippen LogP contribution in [0.2, 0.25) is 0 Å². The van der Waals surface area contributed by atoms with E-state index in [1.54, 1.807) is 43.1 Å². The number of furan rings is 1. The number of rotatable bonds is 7. The van der Waals surface area contributed by atoms with Crippen LogP contribution in [-0.4, -0.2) is 24.3 Å². The summed E-state index contributed by atoms with van der Waals surface area (Å²) in [7, 11) is 1.65. The Morgan fingerprint density at radius 3 is 2.59 bits per heavy atom. The number of hydrogen-bond acceptors (Lipinski definition) is 7. The van der Waals surface area contributed by atoms with E-state index in [9.17, 15) is 9.59 Å². The van der Waals surface area contributed by atoms with Gasteiger partial charge >= 0.3 is 5.97 Å². The monoisotopic (exact) mass is 542 g/mol. The highest BCUT2D eigenvalue weighted by atomic mass is 32.1. The van der Waals surface area contributed by atoms with Crippen molar-refractivity contribution in [1.29, 1.82) is 0 Å². The molecule has 0 fully saturated rings. The Bertz CT molecular complexity index is 1730. The lowest BCUT2D eigenvalue weighted by Crippen LogP contribution is -2.40. The van der Waals surface area contributed by atoms with E-state index >= 15 is 0 Å². The largest absolute Gasteiger partial charge is 0.496 e. The number of ether oxygens (including phenoxy) is 2. The van der Waals surface area contributed by atoms with Gasteiger partial charge in [0.2, 0.25) is 0 Å². The summed E-state index contributed by atoms with van der Waals surface area (Å²) < 4.78 is 18.8. The third-order valence-corrected chi connectivity index (χ3v) is 7.71. The molecule has 0 amide bonds. The smallest absolute Gasteiger partial charge is 0.338 e. The molecule has 3 heterocycles. The molecule has 1 aliphatic heterocycles. The standard InChI is InChI=1S/C31H30N2O5S/c1-6-37-30(35)26-27(20-11-8-7-9-12-20)32-31-33(29(34)25(39-31)16-21-13-10-14-38-21)28(26)23-17-22(18(2)3)24(36-5)15-19(23)4/h7-18,28H,6H2,1-5H3/b25-16-/t28-/m0/s1. The second-order valence-corrected chi connectivity index (χ2v) is 10.6. The number of hydrogen-bond donors (Lipinski definition) is 0. The van der Waals surface area contributed by atoms with Crippen molar-refractivity contribution in [1.82, 2.24) is 4.57 Å². The molecule has 5 rings (SSSR count). The first-order chi connectivity index (χ1) is 18.8. The number of methoxy groups -OCH3 is 1. The lowest BCUT2D eigenvalue weighted by molar-refractivity contribution is -0.138. The molecule has 0 spiro atoms. The minimum Gasteiger partial charge on any atom is -0.496 e. The molecule has 0 unspecified atom stereocenters. The Labute approximate surface area is 230 Å². The average molecular weight is 543 g/mol. The molecule has 1 aliphatic rings. The van der Waals surface area contributed by atoms with Crippen LogP contribution in [0.3, 0.4) is 0 Å². The van der Waals surface area contributed by atoms with Gasteiger partial charge in [-0.05, 0) is 60.7 Å². The maximum Gasteiger partial charge on any atom is 0.338 e. The van der Waals surface area contributed by atoms with Gasteiger partial charge in [-0.15, -0.1) is 0 Å². The number of esters is 1. The number of aryl methyl sites for hydroxylation is 1. The van der Waals surface area contributed by atoms with E-state index in [-0.39, 0.29) is 18.1 Å². The van der Waals surface area contributed by atoms with Crippen molar-refractivity contribution < 1.29 is 18.7 Å². The number of nitrogens with zero attached hydrogens (tertiary/aromatic N) is 2. The Morgan fingerprint density at radius 2 is 1.95 bits per heavy atom. The van der Waals surface area contributed by atoms with Crippen LogP contribution in [0.1, 0.15) is 60.7 Å². The van der Waals surface area contributed by atoms with E-state index in [1.807, 2.05) is 49.4 Å². The highest BCUT2D eigenvalue weighted by Gasteiger charge is 2.36. The Kier molecular flexibility index (Phi) is 7.39. The quantitative estimate of drug-likeness (QED) is 0.308. The van der Waals surface area contributed by atoms with Crippen molar-refractivity contribution in [2.24, 2.45) is 4.99 Å². The van der Waals surface area contributed by atoms with Gasteiger partial charge in [-0.2, -0.15) is 0 Å². The van der Waals surface area contributed by atoms with Gasteiger partial charge < -0.3 is 13.9 Å². The van der Waals surface area contributed by atoms with E-state index in [2.05, 4.69) is 13.8 Å². The first-order valence-corrected chi connectivity index (χ1v) is 13.7. The second-order valence-electron chi connectivity index (χ2n) is 9.55. The molecule has 39 heavy (non-hydrogen) atoms. The highest BCUT2D eigenvalue weighted by molar-refractivity contribution is 7.07. The normalized spacial score (nSPS) is 15.3. The van der Waals surface area contributed by atoms with Crippen molar-refractivity contribution in [3.63, 3.8) is 0 Å². The summed E-state index contributed by atoms with van der Waals surface area (Å²) >= 11 is 1.27. The molecular weight excluding hydrogens is 512 g/mol. The molecule has 7 nitrogen and oxygen atoms in total. The lowest BCUT2D eigenvalue weighted by Gasteiger charge is -2.28. The second kappa shape index (κ2) is 10.9. The zero-order valence-electron chi connectivity index (χ0n) is 22.6. The van der Waals surface area contributed by atoms with E-state index in [4.69, 9.17) is 18.9 Å². The maximum absolute atomic E-state index is 14.0. The summed E-state index contributed by atoms with van der Waals surface area (Å²) in [5, 5.41) is 0. The van der Waals surface area contributed by atoms with E-state index < -0.39 is 12.0 Å². The summed E-state index contributed by atoms with van der Waals surface area (Å²) in [5.41, 5.74) is 4.01. The highest BCUT2D eigenvalue weighted by Crippen LogP contribution is 2.39. The summed E-state index contributed by atoms with van der Waals surface area (Å²) in [6.07, 6.45) is 3.27. The first kappa shape index (κ1) is 26.4. The number of carbonyl (C=O) groups excluding carboxylic acids is 1. The van der Waals surface area contributed by atoms with Gasteiger partial charge in [-0.25, -0.2) is 9.79 Å². The maximum atomic E-state index is 14.0. The van der Waals surface area contributed by atoms with Crippen LogP contribution in [0.15, 0.2) is 80.6 Å². The fraction of sp³-hybridized carbons (Fsp3) is 0.258. The van der Waals surface area contributed by atoms with Crippen molar-refractivity contribution in [3.8, 4) is 5.75 Å². The summed E-state index contributed by atoms with van der Waals surface area (Å²) in [6, 6.07) is 16.3. The van der Waals surface area contributed by atoms with Crippen LogP contribution in [0.5, 0.6) is 5.75 Å². The molecule has 4 aromatic rings. The predicted octanol–water partition coefficient (Wildman–Crippen LogP) is 4.97. The summed E-state index contributed by atoms with van der Waals surface area (Å²) in [6.45, 7) is 8.10. The van der Waals surface area contributed by atoms with Gasteiger partial charge in [0.05, 0.1) is 41.8 Å². The molecule has 0 N–H and O–H groups in total. The fourth-order valence-electron chi connectivity index (χ4n) is 4.88. The fourth-order valence-corrected chi connectivity index (χ4v) is 5.86. The molecule has 2 aromatic heterocycles. The molecule has 0 radical (unpaired) electrons. The van der Waals surface area contributed by atoms with Crippen molar-refractivity contribution in [2.75, 3.05) is 13.7 Å². The van der Waals surface area contributed by atoms with Gasteiger partial charge in [-0.3, -0.25) is 9.36 Å². The van der Waals surface area contributed by atoms with E-state index in [0.29, 0.717) is 26.4 Å². The van der Waals surface area contributed by atoms with Crippen molar-refractivity contribution in [2.45, 2.75) is 39.7 Å². The Balaban J connectivity index is 1.89. The van der Waals surface area contributed by atoms with Gasteiger partial charge in [0.1, 0.15) is 11.5 Å². The number of benzene rings is 2.